The van der Waals surface area contributed by atoms with Gasteiger partial charge in [-0.2, -0.15) is 0 Å². The first-order valence-corrected chi connectivity index (χ1v) is 12.6. The fourth-order valence-corrected chi connectivity index (χ4v) is 5.47. The van der Waals surface area contributed by atoms with Crippen molar-refractivity contribution in [3.05, 3.63) is 77.2 Å². The lowest BCUT2D eigenvalue weighted by Gasteiger charge is -2.42. The maximum absolute atomic E-state index is 9.97. The van der Waals surface area contributed by atoms with Crippen molar-refractivity contribution >= 4 is 17.8 Å². The molecule has 1 fully saturated rings. The van der Waals surface area contributed by atoms with Gasteiger partial charge in [-0.05, 0) is 77.9 Å². The van der Waals surface area contributed by atoms with E-state index in [1.807, 2.05) is 24.3 Å². The first kappa shape index (κ1) is 23.6. The highest BCUT2D eigenvalue weighted by Crippen LogP contribution is 2.50. The molecule has 5 rings (SSSR count). The minimum absolute atomic E-state index is 0.0709. The number of piperidine rings is 1. The third-order valence-electron chi connectivity index (χ3n) is 7.11. The van der Waals surface area contributed by atoms with Crippen LogP contribution in [0.15, 0.2) is 59.6 Å². The van der Waals surface area contributed by atoms with Crippen molar-refractivity contribution in [3.8, 4) is 17.6 Å². The Morgan fingerprint density at radius 2 is 1.91 bits per heavy atom. The molecule has 3 aromatic rings. The van der Waals surface area contributed by atoms with Crippen LogP contribution in [-0.2, 0) is 13.0 Å². The Morgan fingerprint density at radius 1 is 1.14 bits per heavy atom. The Bertz CT molecular complexity index is 1250. The van der Waals surface area contributed by atoms with Gasteiger partial charge in [-0.3, -0.25) is 5.14 Å². The average molecular weight is 488 g/mol. The number of nitrogens with zero attached hydrogens (tertiary/aromatic N) is 3. The summed E-state index contributed by atoms with van der Waals surface area (Å²) in [5.41, 5.74) is 10.5. The predicted octanol–water partition coefficient (Wildman–Crippen LogP) is 3.21. The van der Waals surface area contributed by atoms with Crippen LogP contribution >= 0.6 is 11.9 Å². The first-order valence-electron chi connectivity index (χ1n) is 11.8. The van der Waals surface area contributed by atoms with Crippen LogP contribution in [0.1, 0.15) is 41.4 Å². The summed E-state index contributed by atoms with van der Waals surface area (Å²) in [6.07, 6.45) is 4.66. The highest BCUT2D eigenvalue weighted by Gasteiger charge is 2.46. The van der Waals surface area contributed by atoms with Gasteiger partial charge in [0.05, 0.1) is 12.8 Å². The Balaban J connectivity index is 1.21. The number of rotatable bonds is 5. The van der Waals surface area contributed by atoms with E-state index in [0.29, 0.717) is 11.4 Å². The van der Waals surface area contributed by atoms with Gasteiger partial charge >= 0.3 is 0 Å². The minimum atomic E-state index is -0.188. The fraction of sp³-hybridized carbons (Fsp3) is 0.333. The molecule has 2 aromatic carbocycles. The number of aromatic nitrogens is 2. The summed E-state index contributed by atoms with van der Waals surface area (Å²) >= 11 is 1.19. The van der Waals surface area contributed by atoms with Crippen LogP contribution in [0.3, 0.4) is 0 Å². The zero-order chi connectivity index (χ0) is 24.3. The number of fused-ring (bicyclic) bond motifs is 1. The van der Waals surface area contributed by atoms with Gasteiger partial charge in [-0.15, -0.1) is 0 Å². The number of aliphatic hydroxyl groups is 1. The minimum Gasteiger partial charge on any atom is -0.481 e. The molecule has 2 aliphatic rings. The molecule has 1 aromatic heterocycles. The monoisotopic (exact) mass is 487 g/mol. The summed E-state index contributed by atoms with van der Waals surface area (Å²) in [6, 6.07) is 16.1. The normalized spacial score (nSPS) is 18.1. The van der Waals surface area contributed by atoms with Crippen LogP contribution in [0.4, 0.5) is 5.82 Å². The lowest BCUT2D eigenvalue weighted by molar-refractivity contribution is 0.186. The second-order valence-corrected chi connectivity index (χ2v) is 9.77. The van der Waals surface area contributed by atoms with Gasteiger partial charge < -0.3 is 20.5 Å². The molecule has 1 aliphatic heterocycles. The number of aliphatic hydroxyl groups excluding tert-OH is 1. The van der Waals surface area contributed by atoms with Gasteiger partial charge in [0.2, 0.25) is 0 Å². The molecule has 8 heteroatoms. The average Bonchev–Trinajstić information content (AvgIpc) is 3.18. The van der Waals surface area contributed by atoms with Crippen LogP contribution in [0.25, 0.3) is 0 Å². The topological polar surface area (TPSA) is 111 Å². The summed E-state index contributed by atoms with van der Waals surface area (Å²) in [6.45, 7) is 1.71. The number of benzene rings is 2. The van der Waals surface area contributed by atoms with Crippen molar-refractivity contribution in [3.63, 3.8) is 0 Å². The molecule has 35 heavy (non-hydrogen) atoms. The molecule has 0 bridgehead atoms. The standard InChI is InChI=1S/C27H29N5O2S/c28-25-23-6-2-1-4-19(23)16-27(25)11-13-32(14-12-27)26-24(18-33)31-20(17-30-26)5-3-15-34-21-7-9-22(35-29)10-8-21/h1-2,4,6-10,17,25,33H,11-16,18,28-29H2. The van der Waals surface area contributed by atoms with E-state index in [1.54, 1.807) is 6.20 Å². The van der Waals surface area contributed by atoms with E-state index in [1.165, 1.54) is 23.1 Å². The van der Waals surface area contributed by atoms with Crippen molar-refractivity contribution in [1.29, 1.82) is 0 Å². The summed E-state index contributed by atoms with van der Waals surface area (Å²) in [7, 11) is 0. The third-order valence-corrected chi connectivity index (χ3v) is 7.66. The maximum atomic E-state index is 9.97. The molecule has 1 unspecified atom stereocenters. The van der Waals surface area contributed by atoms with E-state index in [-0.39, 0.29) is 24.7 Å². The highest BCUT2D eigenvalue weighted by atomic mass is 32.2. The number of nitrogens with two attached hydrogens (primary N) is 2. The predicted molar refractivity (Wildman–Crippen MR) is 138 cm³/mol. The molecule has 0 radical (unpaired) electrons. The van der Waals surface area contributed by atoms with Crippen molar-refractivity contribution in [2.24, 2.45) is 16.3 Å². The van der Waals surface area contributed by atoms with E-state index in [2.05, 4.69) is 51.0 Å². The highest BCUT2D eigenvalue weighted by molar-refractivity contribution is 7.97. The molecule has 5 N–H and O–H groups in total. The van der Waals surface area contributed by atoms with E-state index >= 15 is 0 Å². The molecule has 0 saturated carbocycles. The van der Waals surface area contributed by atoms with Gasteiger partial charge in [-0.25, -0.2) is 9.97 Å². The molecule has 1 atom stereocenters. The zero-order valence-corrected chi connectivity index (χ0v) is 20.3. The maximum Gasteiger partial charge on any atom is 0.152 e. The summed E-state index contributed by atoms with van der Waals surface area (Å²) in [5, 5.41) is 15.5. The van der Waals surface area contributed by atoms with Crippen molar-refractivity contribution < 1.29 is 9.84 Å². The van der Waals surface area contributed by atoms with Gasteiger partial charge in [0.25, 0.3) is 0 Å². The van der Waals surface area contributed by atoms with Crippen LogP contribution in [0, 0.1) is 17.3 Å². The second kappa shape index (κ2) is 10.3. The van der Waals surface area contributed by atoms with Gasteiger partial charge in [0, 0.05) is 24.0 Å². The van der Waals surface area contributed by atoms with Crippen molar-refractivity contribution in [1.82, 2.24) is 9.97 Å². The molecule has 1 aliphatic carbocycles. The molecule has 1 saturated heterocycles. The number of hydrogen-bond acceptors (Lipinski definition) is 8. The lowest BCUT2D eigenvalue weighted by Crippen LogP contribution is -2.45. The Kier molecular flexibility index (Phi) is 6.93. The second-order valence-electron chi connectivity index (χ2n) is 9.07. The molecule has 7 nitrogen and oxygen atoms in total. The van der Waals surface area contributed by atoms with Crippen molar-refractivity contribution in [2.75, 3.05) is 24.6 Å². The number of ether oxygens (including phenoxy) is 1. The van der Waals surface area contributed by atoms with Crippen LogP contribution in [0.5, 0.6) is 5.75 Å². The Labute approximate surface area is 210 Å². The fourth-order valence-electron chi connectivity index (χ4n) is 5.18. The SMILES string of the molecule is NSc1ccc(OCC#Cc2cnc(N3CCC4(CC3)Cc3ccccc3C4N)c(CO)n2)cc1. The van der Waals surface area contributed by atoms with Crippen molar-refractivity contribution in [2.45, 2.75) is 36.8 Å². The van der Waals surface area contributed by atoms with E-state index < -0.39 is 0 Å². The Hall–Kier alpha value is -3.09. The molecule has 180 valence electrons. The van der Waals surface area contributed by atoms with Gasteiger partial charge in [-0.1, -0.05) is 30.2 Å². The van der Waals surface area contributed by atoms with Crippen LogP contribution < -0.4 is 20.5 Å². The Morgan fingerprint density at radius 3 is 2.63 bits per heavy atom. The summed E-state index contributed by atoms with van der Waals surface area (Å²) < 4.78 is 5.64. The molecular formula is C27H29N5O2S. The zero-order valence-electron chi connectivity index (χ0n) is 19.5. The molecular weight excluding hydrogens is 458 g/mol. The number of anilines is 1. The summed E-state index contributed by atoms with van der Waals surface area (Å²) in [4.78, 5) is 12.3. The van der Waals surface area contributed by atoms with Crippen LogP contribution in [-0.4, -0.2) is 34.8 Å². The summed E-state index contributed by atoms with van der Waals surface area (Å²) in [5.74, 6) is 7.39. The first-order chi connectivity index (χ1) is 17.1. The smallest absolute Gasteiger partial charge is 0.152 e. The lowest BCUT2D eigenvalue weighted by atomic mass is 9.73. The van der Waals surface area contributed by atoms with E-state index in [0.717, 1.165) is 48.8 Å². The molecule has 2 heterocycles. The molecule has 0 amide bonds. The van der Waals surface area contributed by atoms with Gasteiger partial charge in [0.1, 0.15) is 23.7 Å². The third kappa shape index (κ3) is 4.86. The van der Waals surface area contributed by atoms with Crippen LogP contribution in [0.2, 0.25) is 0 Å². The largest absolute Gasteiger partial charge is 0.481 e. The quantitative estimate of drug-likeness (QED) is 0.372. The number of hydrogen-bond donors (Lipinski definition) is 3. The van der Waals surface area contributed by atoms with Gasteiger partial charge in [0.15, 0.2) is 5.82 Å². The molecule has 1 spiro atoms. The van der Waals surface area contributed by atoms with E-state index in [4.69, 9.17) is 15.6 Å². The van der Waals surface area contributed by atoms with E-state index in [9.17, 15) is 5.11 Å².